The number of amides is 2. The number of hydrogen-bond acceptors (Lipinski definition) is 7. The van der Waals surface area contributed by atoms with Gasteiger partial charge in [-0.1, -0.05) is 24.3 Å². The molecule has 0 bridgehead atoms. The van der Waals surface area contributed by atoms with Crippen molar-refractivity contribution in [3.8, 4) is 22.6 Å². The van der Waals surface area contributed by atoms with E-state index in [-0.39, 0.29) is 30.1 Å². The summed E-state index contributed by atoms with van der Waals surface area (Å²) in [5.74, 6) is -0.824. The number of ether oxygens (including phenoxy) is 2. The van der Waals surface area contributed by atoms with Crippen LogP contribution in [0.25, 0.3) is 22.7 Å². The third-order valence-corrected chi connectivity index (χ3v) is 8.52. The Morgan fingerprint density at radius 2 is 1.83 bits per heavy atom. The van der Waals surface area contributed by atoms with Crippen LogP contribution in [0.4, 0.5) is 0 Å². The minimum atomic E-state index is -1.03. The highest BCUT2D eigenvalue weighted by atomic mass is 16.5. The fourth-order valence-electron chi connectivity index (χ4n) is 6.33. The maximum absolute atomic E-state index is 13.1. The van der Waals surface area contributed by atoms with Crippen molar-refractivity contribution in [2.45, 2.75) is 57.3 Å². The predicted octanol–water partition coefficient (Wildman–Crippen LogP) is 4.47. The molecule has 5 N–H and O–H groups in total. The Hall–Kier alpha value is -5.16. The zero-order valence-electron chi connectivity index (χ0n) is 25.6. The lowest BCUT2D eigenvalue weighted by Gasteiger charge is -2.57. The summed E-state index contributed by atoms with van der Waals surface area (Å²) in [7, 11) is 0. The number of aromatic nitrogens is 2. The summed E-state index contributed by atoms with van der Waals surface area (Å²) in [4.78, 5) is 36.2. The van der Waals surface area contributed by atoms with Gasteiger partial charge in [0.05, 0.1) is 40.7 Å². The van der Waals surface area contributed by atoms with Gasteiger partial charge >= 0.3 is 5.97 Å². The molecule has 0 aliphatic heterocycles. The van der Waals surface area contributed by atoms with Crippen LogP contribution in [-0.2, 0) is 4.79 Å². The number of aliphatic hydroxyl groups is 1. The number of pyridine rings is 1. The van der Waals surface area contributed by atoms with Crippen molar-refractivity contribution >= 4 is 29.4 Å². The summed E-state index contributed by atoms with van der Waals surface area (Å²) in [6.45, 7) is 3.46. The highest BCUT2D eigenvalue weighted by Crippen LogP contribution is 2.57. The summed E-state index contributed by atoms with van der Waals surface area (Å²) in [5, 5.41) is 26.3. The molecule has 4 aromatic rings. The second-order valence-corrected chi connectivity index (χ2v) is 13.0. The van der Waals surface area contributed by atoms with Gasteiger partial charge in [0.2, 0.25) is 0 Å². The largest absolute Gasteiger partial charge is 0.490 e. The molecule has 2 aromatic carbocycles. The topological polar surface area (TPSA) is 165 Å². The number of primary amides is 1. The van der Waals surface area contributed by atoms with E-state index in [2.05, 4.69) is 10.4 Å². The molecule has 1 spiro atoms. The Morgan fingerprint density at radius 3 is 2.54 bits per heavy atom. The lowest BCUT2D eigenvalue weighted by Crippen LogP contribution is -2.58. The lowest BCUT2D eigenvalue weighted by atomic mass is 9.53. The van der Waals surface area contributed by atoms with Gasteiger partial charge in [-0.15, -0.1) is 0 Å². The molecule has 6 rings (SSSR count). The molecule has 2 aliphatic rings. The first-order valence-electron chi connectivity index (χ1n) is 15.1. The van der Waals surface area contributed by atoms with Crippen LogP contribution in [0.1, 0.15) is 65.8 Å². The number of carboxylic acids is 1. The zero-order valence-corrected chi connectivity index (χ0v) is 25.6. The number of carbonyl (C=O) groups is 3. The standard InChI is InChI=1S/C35H36N4O7/c1-34(2,44)20-45-25-8-10-29-28(18-37-39(29)19-25)33(43)38-24-14-35(15-24)16-26(17-35)46-30-13-23(7-9-27(30)32(36)42)22-5-3-4-21(12-22)6-11-31(40)41/h3-13,18-19,24,26,44H,14-17,20H2,1-2H3,(H2,36,42)(H,38,43)(H,40,41)/b11-6+. The summed E-state index contributed by atoms with van der Waals surface area (Å²) in [5.41, 5.74) is 8.62. The van der Waals surface area contributed by atoms with Crippen molar-refractivity contribution in [3.63, 3.8) is 0 Å². The smallest absolute Gasteiger partial charge is 0.328 e. The molecule has 46 heavy (non-hydrogen) atoms. The molecule has 11 nitrogen and oxygen atoms in total. The van der Waals surface area contributed by atoms with Crippen LogP contribution in [0.2, 0.25) is 0 Å². The predicted molar refractivity (Wildman–Crippen MR) is 171 cm³/mol. The summed E-state index contributed by atoms with van der Waals surface area (Å²) < 4.78 is 13.5. The van der Waals surface area contributed by atoms with Crippen molar-refractivity contribution in [2.24, 2.45) is 11.1 Å². The van der Waals surface area contributed by atoms with Crippen LogP contribution in [-0.4, -0.2) is 62.0 Å². The van der Waals surface area contributed by atoms with Gasteiger partial charge in [-0.3, -0.25) is 9.59 Å². The third-order valence-electron chi connectivity index (χ3n) is 8.52. The van der Waals surface area contributed by atoms with Crippen molar-refractivity contribution in [1.82, 2.24) is 14.9 Å². The summed E-state index contributed by atoms with van der Waals surface area (Å²) >= 11 is 0. The lowest BCUT2D eigenvalue weighted by molar-refractivity contribution is -0.131. The molecular formula is C35H36N4O7. The van der Waals surface area contributed by atoms with Gasteiger partial charge in [-0.2, -0.15) is 5.10 Å². The molecule has 2 saturated carbocycles. The average Bonchev–Trinajstić information content (AvgIpc) is 3.40. The van der Waals surface area contributed by atoms with Crippen molar-refractivity contribution in [1.29, 1.82) is 0 Å². The highest BCUT2D eigenvalue weighted by molar-refractivity contribution is 6.01. The SMILES string of the molecule is CC(C)(O)COc1ccc2c(C(=O)NC3CC4(C3)CC(Oc3cc(-c5cccc(/C=C/C(=O)O)c5)ccc3C(N)=O)C4)cnn2c1. The van der Waals surface area contributed by atoms with Crippen LogP contribution in [0.15, 0.2) is 73.1 Å². The molecule has 0 radical (unpaired) electrons. The molecule has 238 valence electrons. The maximum Gasteiger partial charge on any atom is 0.328 e. The number of rotatable bonds is 11. The number of aliphatic carboxylic acids is 1. The number of hydrogen-bond donors (Lipinski definition) is 4. The van der Waals surface area contributed by atoms with E-state index in [9.17, 15) is 19.5 Å². The normalized spacial score (nSPS) is 20.7. The first kappa shape index (κ1) is 30.8. The van der Waals surface area contributed by atoms with E-state index in [0.29, 0.717) is 28.1 Å². The van der Waals surface area contributed by atoms with Gasteiger partial charge in [0.1, 0.15) is 18.1 Å². The molecule has 2 amide bonds. The number of benzene rings is 2. The van der Waals surface area contributed by atoms with E-state index in [1.807, 2.05) is 24.3 Å². The molecule has 0 atom stereocenters. The summed E-state index contributed by atoms with van der Waals surface area (Å²) in [6, 6.07) is 16.2. The first-order valence-corrected chi connectivity index (χ1v) is 15.1. The molecule has 0 saturated heterocycles. The minimum absolute atomic E-state index is 0.0461. The molecule has 2 aliphatic carbocycles. The third kappa shape index (κ3) is 6.74. The number of fused-ring (bicyclic) bond motifs is 1. The van der Waals surface area contributed by atoms with E-state index in [4.69, 9.17) is 20.3 Å². The van der Waals surface area contributed by atoms with Gasteiger partial charge in [0.15, 0.2) is 0 Å². The van der Waals surface area contributed by atoms with E-state index in [1.54, 1.807) is 61.1 Å². The maximum atomic E-state index is 13.1. The van der Waals surface area contributed by atoms with Crippen LogP contribution in [0.3, 0.4) is 0 Å². The van der Waals surface area contributed by atoms with Crippen LogP contribution >= 0.6 is 0 Å². The highest BCUT2D eigenvalue weighted by Gasteiger charge is 2.54. The second kappa shape index (κ2) is 12.0. The Balaban J connectivity index is 1.05. The van der Waals surface area contributed by atoms with Gasteiger partial charge in [0, 0.05) is 12.1 Å². The second-order valence-electron chi connectivity index (χ2n) is 13.0. The van der Waals surface area contributed by atoms with Gasteiger partial charge < -0.3 is 30.7 Å². The monoisotopic (exact) mass is 624 g/mol. The fraction of sp³-hybridized carbons (Fsp3) is 0.314. The number of nitrogens with one attached hydrogen (secondary N) is 1. The van der Waals surface area contributed by atoms with Gasteiger partial charge in [-0.05, 0) is 98.0 Å². The minimum Gasteiger partial charge on any atom is -0.490 e. The van der Waals surface area contributed by atoms with E-state index >= 15 is 0 Å². The van der Waals surface area contributed by atoms with Gasteiger partial charge in [-0.25, -0.2) is 9.31 Å². The molecule has 2 fully saturated rings. The van der Waals surface area contributed by atoms with Gasteiger partial charge in [0.25, 0.3) is 11.8 Å². The average molecular weight is 625 g/mol. The van der Waals surface area contributed by atoms with Crippen LogP contribution in [0, 0.1) is 5.41 Å². The quantitative estimate of drug-likeness (QED) is 0.178. The van der Waals surface area contributed by atoms with Crippen molar-refractivity contribution in [2.75, 3.05) is 6.61 Å². The van der Waals surface area contributed by atoms with E-state index in [0.717, 1.165) is 48.4 Å². The zero-order chi connectivity index (χ0) is 32.6. The molecule has 0 unspecified atom stereocenters. The Morgan fingerprint density at radius 1 is 1.07 bits per heavy atom. The molecule has 2 heterocycles. The van der Waals surface area contributed by atoms with Crippen molar-refractivity contribution < 1.29 is 34.1 Å². The fourth-order valence-corrected chi connectivity index (χ4v) is 6.33. The van der Waals surface area contributed by atoms with Crippen LogP contribution < -0.4 is 20.5 Å². The Labute approximate surface area is 265 Å². The summed E-state index contributed by atoms with van der Waals surface area (Å²) in [6.07, 6.45) is 9.04. The Kier molecular flexibility index (Phi) is 8.03. The molecular weight excluding hydrogens is 588 g/mol. The van der Waals surface area contributed by atoms with Crippen molar-refractivity contribution in [3.05, 3.63) is 89.8 Å². The number of nitrogens with two attached hydrogens (primary N) is 1. The van der Waals surface area contributed by atoms with E-state index in [1.165, 1.54) is 6.08 Å². The van der Waals surface area contributed by atoms with Crippen LogP contribution in [0.5, 0.6) is 11.5 Å². The van der Waals surface area contributed by atoms with E-state index < -0.39 is 17.5 Å². The first-order chi connectivity index (χ1) is 21.9. The number of nitrogens with zero attached hydrogens (tertiary/aromatic N) is 2. The number of carboxylic acid groups (broad SMARTS) is 1. The Bertz CT molecular complexity index is 1840. The molecule has 11 heteroatoms. The molecule has 2 aromatic heterocycles. The number of carbonyl (C=O) groups excluding carboxylic acids is 2.